The predicted molar refractivity (Wildman–Crippen MR) is 205 cm³/mol. The van der Waals surface area contributed by atoms with Gasteiger partial charge in [-0.3, -0.25) is 4.55 Å². The number of phenols is 2. The fourth-order valence-corrected chi connectivity index (χ4v) is 6.87. The Balaban J connectivity index is 0.00000600. The molecule has 0 amide bonds. The standard InChI is InChI=1S/C33H29N7O12S3.Cu/c1-52-30-16-27(38-40-32-31(55(49,50)51)12-17-2-3-18(34)13-23(17)33(32)42)29(41)15-28(30)39-37-26-11-10-25(22-9-8-21(14-24(22)26)54(46,47)48)36-35-19-4-6-20(7-5-19)53(43,44)45;/h2-16,41-45,49-51H,34H2,1H3,(H,46,47,48);. The van der Waals surface area contributed by atoms with Gasteiger partial charge in [-0.25, -0.2) is 0 Å². The molecule has 1 radical (unpaired) electrons. The number of benzene rings is 6. The summed E-state index contributed by atoms with van der Waals surface area (Å²) < 4.78 is 97.6. The number of hydrogen-bond acceptors (Lipinski definition) is 18. The van der Waals surface area contributed by atoms with Gasteiger partial charge in [0.05, 0.1) is 38.9 Å². The Bertz CT molecular complexity index is 2690. The molecule has 0 saturated carbocycles. The zero-order valence-electron chi connectivity index (χ0n) is 28.2. The molecule has 0 heterocycles. The van der Waals surface area contributed by atoms with Crippen LogP contribution in [-0.4, -0.2) is 57.6 Å². The number of anilines is 1. The van der Waals surface area contributed by atoms with Gasteiger partial charge in [0, 0.05) is 51.0 Å². The maximum atomic E-state index is 12.0. The number of methoxy groups -OCH3 is 1. The van der Waals surface area contributed by atoms with E-state index in [1.165, 1.54) is 79.9 Å². The number of phenolic OH excluding ortho intramolecular Hbond substituents is 2. The van der Waals surface area contributed by atoms with Crippen molar-refractivity contribution in [3.05, 3.63) is 91.0 Å². The van der Waals surface area contributed by atoms with E-state index in [1.54, 1.807) is 0 Å². The van der Waals surface area contributed by atoms with Gasteiger partial charge in [-0.05, 0) is 72.1 Å². The van der Waals surface area contributed by atoms with Gasteiger partial charge in [-0.2, -0.15) is 13.5 Å². The van der Waals surface area contributed by atoms with Crippen molar-refractivity contribution in [2.75, 3.05) is 12.8 Å². The van der Waals surface area contributed by atoms with E-state index >= 15 is 0 Å². The normalized spacial score (nSPS) is 13.2. The first-order valence-electron chi connectivity index (χ1n) is 15.2. The first kappa shape index (κ1) is 41.9. The number of nitrogens with zero attached hydrogens (tertiary/aromatic N) is 6. The van der Waals surface area contributed by atoms with Gasteiger partial charge in [0.2, 0.25) is 0 Å². The van der Waals surface area contributed by atoms with E-state index in [1.807, 2.05) is 0 Å². The summed E-state index contributed by atoms with van der Waals surface area (Å²) in [6.07, 6.45) is 0. The summed E-state index contributed by atoms with van der Waals surface area (Å²) in [5.41, 5.74) is 5.92. The Labute approximate surface area is 330 Å². The van der Waals surface area contributed by atoms with Crippen LogP contribution in [0.4, 0.5) is 39.8 Å². The molecule has 0 spiro atoms. The number of aromatic hydroxyl groups is 2. The minimum absolute atomic E-state index is 0. The molecule has 0 aromatic heterocycles. The quantitative estimate of drug-likeness (QED) is 0.0265. The van der Waals surface area contributed by atoms with Gasteiger partial charge in [0.1, 0.15) is 50.3 Å². The molecule has 11 N–H and O–H groups in total. The number of nitrogens with two attached hydrogens (primary N) is 1. The molecule has 56 heavy (non-hydrogen) atoms. The van der Waals surface area contributed by atoms with Crippen LogP contribution in [0.25, 0.3) is 21.5 Å². The second-order valence-corrected chi connectivity index (χ2v) is 15.9. The van der Waals surface area contributed by atoms with Crippen LogP contribution in [0.3, 0.4) is 0 Å². The number of azo groups is 3. The molecule has 297 valence electrons. The molecule has 0 bridgehead atoms. The Morgan fingerprint density at radius 3 is 1.80 bits per heavy atom. The molecule has 0 unspecified atom stereocenters. The molecule has 0 atom stereocenters. The fraction of sp³-hybridized carbons (Fsp3) is 0.0303. The van der Waals surface area contributed by atoms with Crippen molar-refractivity contribution in [3.8, 4) is 17.2 Å². The van der Waals surface area contributed by atoms with Crippen LogP contribution in [0.5, 0.6) is 17.2 Å². The van der Waals surface area contributed by atoms with E-state index in [0.29, 0.717) is 10.8 Å². The molecule has 19 nitrogen and oxygen atoms in total. The molecular weight excluding hydrogens is 846 g/mol. The Morgan fingerprint density at radius 1 is 0.571 bits per heavy atom. The predicted octanol–water partition coefficient (Wildman–Crippen LogP) is 10.7. The number of ether oxygens (including phenoxy) is 1. The van der Waals surface area contributed by atoms with Crippen LogP contribution < -0.4 is 10.5 Å². The number of hydrogen-bond donors (Lipinski definition) is 10. The van der Waals surface area contributed by atoms with Crippen LogP contribution in [0.15, 0.2) is 136 Å². The van der Waals surface area contributed by atoms with E-state index in [4.69, 9.17) is 10.5 Å². The van der Waals surface area contributed by atoms with Crippen molar-refractivity contribution in [2.24, 2.45) is 30.7 Å². The van der Waals surface area contributed by atoms with Gasteiger partial charge in [0.25, 0.3) is 10.1 Å². The molecule has 0 aliphatic carbocycles. The van der Waals surface area contributed by atoms with E-state index in [-0.39, 0.29) is 72.6 Å². The van der Waals surface area contributed by atoms with Crippen LogP contribution in [0, 0.1) is 0 Å². The molecule has 0 saturated heterocycles. The summed E-state index contributed by atoms with van der Waals surface area (Å²) in [6, 6.07) is 19.7. The van der Waals surface area contributed by atoms with E-state index in [2.05, 4.69) is 30.7 Å². The van der Waals surface area contributed by atoms with Crippen LogP contribution in [0.1, 0.15) is 0 Å². The molecule has 23 heteroatoms. The largest absolute Gasteiger partial charge is 0.506 e. The van der Waals surface area contributed by atoms with Gasteiger partial charge in [-0.15, -0.1) is 25.6 Å². The summed E-state index contributed by atoms with van der Waals surface area (Å²) in [5.74, 6) is -1.10. The summed E-state index contributed by atoms with van der Waals surface area (Å²) in [5, 5.41) is 47.3. The van der Waals surface area contributed by atoms with Crippen molar-refractivity contribution in [3.63, 3.8) is 0 Å². The summed E-state index contributed by atoms with van der Waals surface area (Å²) in [6.45, 7) is 0. The second-order valence-electron chi connectivity index (χ2n) is 11.5. The summed E-state index contributed by atoms with van der Waals surface area (Å²) in [7, 11) is -11.7. The minimum atomic E-state index is -4.66. The third-order valence-electron chi connectivity index (χ3n) is 7.84. The zero-order valence-corrected chi connectivity index (χ0v) is 31.6. The van der Waals surface area contributed by atoms with Crippen molar-refractivity contribution >= 4 is 93.2 Å². The Morgan fingerprint density at radius 2 is 1.18 bits per heavy atom. The third kappa shape index (κ3) is 9.05. The van der Waals surface area contributed by atoms with Gasteiger partial charge >= 0.3 is 0 Å². The molecule has 0 aliphatic rings. The van der Waals surface area contributed by atoms with E-state index in [9.17, 15) is 50.5 Å². The first-order chi connectivity index (χ1) is 25.8. The van der Waals surface area contributed by atoms with Gasteiger partial charge < -0.3 is 48.0 Å². The molecule has 6 aromatic rings. The average molecular weight is 875 g/mol. The van der Waals surface area contributed by atoms with Crippen LogP contribution in [0.2, 0.25) is 0 Å². The summed E-state index contributed by atoms with van der Waals surface area (Å²) >= 11 is 0. The van der Waals surface area contributed by atoms with Crippen molar-refractivity contribution in [1.82, 2.24) is 0 Å². The molecule has 0 aliphatic heterocycles. The van der Waals surface area contributed by atoms with Crippen molar-refractivity contribution in [2.45, 2.75) is 14.7 Å². The number of rotatable bonds is 10. The molecular formula is C33H29CuN7O12S3. The second kappa shape index (κ2) is 16.1. The van der Waals surface area contributed by atoms with E-state index in [0.717, 1.165) is 18.2 Å². The SMILES string of the molecule is COc1cc(N=Nc2c(S(O)(O)O)cc3ccc(N)cc3c2O)c(O)cc1N=Nc1ccc(N=Nc2ccc(S(O)(O)O)cc2)c2ccc(S(=O)(=O)O)cc12.[Cu]. The first-order valence-corrected chi connectivity index (χ1v) is 19.7. The van der Waals surface area contributed by atoms with Gasteiger partial charge in [-0.1, -0.05) is 12.1 Å². The van der Waals surface area contributed by atoms with E-state index < -0.39 is 58.8 Å². The fourth-order valence-electron chi connectivity index (χ4n) is 5.18. The zero-order chi connectivity index (χ0) is 39.9. The van der Waals surface area contributed by atoms with Crippen molar-refractivity contribution in [1.29, 1.82) is 0 Å². The topological polar surface area (TPSA) is 326 Å². The minimum Gasteiger partial charge on any atom is -0.506 e. The molecule has 6 aromatic carbocycles. The molecule has 6 rings (SSSR count). The molecule has 0 fully saturated rings. The van der Waals surface area contributed by atoms with Crippen LogP contribution >= 0.6 is 21.7 Å². The average Bonchev–Trinajstić information content (AvgIpc) is 3.12. The van der Waals surface area contributed by atoms with Crippen molar-refractivity contribution < 1.29 is 72.3 Å². The monoisotopic (exact) mass is 874 g/mol. The Kier molecular flexibility index (Phi) is 12.0. The number of fused-ring (bicyclic) bond motifs is 2. The maximum absolute atomic E-state index is 12.0. The van der Waals surface area contributed by atoms with Crippen LogP contribution in [-0.2, 0) is 27.2 Å². The third-order valence-corrected chi connectivity index (χ3v) is 10.5. The smallest absolute Gasteiger partial charge is 0.294 e. The summed E-state index contributed by atoms with van der Waals surface area (Å²) in [4.78, 5) is -1.13. The van der Waals surface area contributed by atoms with Gasteiger partial charge in [0.15, 0.2) is 5.75 Å². The number of nitrogen functional groups attached to an aromatic ring is 1. The Hall–Kier alpha value is -5.27. The maximum Gasteiger partial charge on any atom is 0.294 e.